The quantitative estimate of drug-likeness (QED) is 0.142. The first-order valence-electron chi connectivity index (χ1n) is 13.1. The Labute approximate surface area is 245 Å². The van der Waals surface area contributed by atoms with Gasteiger partial charge in [0.25, 0.3) is 11.2 Å². The van der Waals surface area contributed by atoms with Gasteiger partial charge >= 0.3 is 5.97 Å². The number of esters is 1. The number of hydrogen-bond donors (Lipinski definition) is 0. The van der Waals surface area contributed by atoms with Crippen LogP contribution in [0.2, 0.25) is 0 Å². The smallest absolute Gasteiger partial charge is 0.338 e. The lowest BCUT2D eigenvalue weighted by Gasteiger charge is -2.27. The van der Waals surface area contributed by atoms with Crippen molar-refractivity contribution in [3.05, 3.63) is 88.6 Å². The number of allylic oxidation sites excluding steroid dienone is 1. The highest BCUT2D eigenvalue weighted by molar-refractivity contribution is 7.07. The molecular weight excluding hydrogens is 564 g/mol. The predicted molar refractivity (Wildman–Crippen MR) is 158 cm³/mol. The molecule has 2 aromatic carbocycles. The van der Waals surface area contributed by atoms with Gasteiger partial charge in [-0.1, -0.05) is 29.5 Å². The number of thiazole rings is 1. The van der Waals surface area contributed by atoms with Crippen LogP contribution in [0.4, 0.5) is 11.4 Å². The summed E-state index contributed by atoms with van der Waals surface area (Å²) in [6, 6.07) is 9.06. The molecule has 1 aliphatic rings. The van der Waals surface area contributed by atoms with Crippen LogP contribution >= 0.6 is 11.3 Å². The van der Waals surface area contributed by atoms with E-state index in [-0.39, 0.29) is 29.0 Å². The molecule has 1 atom stereocenters. The number of nitro groups is 1. The van der Waals surface area contributed by atoms with Crippen LogP contribution in [0.25, 0.3) is 6.08 Å². The molecule has 0 aliphatic carbocycles. The van der Waals surface area contributed by atoms with E-state index in [9.17, 15) is 19.7 Å². The van der Waals surface area contributed by atoms with Crippen LogP contribution in [0.3, 0.4) is 0 Å². The van der Waals surface area contributed by atoms with Crippen LogP contribution in [-0.4, -0.2) is 63.6 Å². The summed E-state index contributed by atoms with van der Waals surface area (Å²) >= 11 is 1.12. The molecule has 0 saturated heterocycles. The number of methoxy groups -OCH3 is 2. The van der Waals surface area contributed by atoms with E-state index in [1.54, 1.807) is 62.3 Å². The predicted octanol–water partition coefficient (Wildman–Crippen LogP) is 2.81. The van der Waals surface area contributed by atoms with E-state index in [1.165, 1.54) is 24.9 Å². The summed E-state index contributed by atoms with van der Waals surface area (Å²) < 4.78 is 23.7. The lowest BCUT2D eigenvalue weighted by molar-refractivity contribution is -0.384. The molecule has 0 spiro atoms. The highest BCUT2D eigenvalue weighted by Crippen LogP contribution is 2.40. The number of carbonyl (C=O) groups is 1. The molecule has 13 heteroatoms. The maximum absolute atomic E-state index is 14.0. The molecule has 2 heterocycles. The lowest BCUT2D eigenvalue weighted by Crippen LogP contribution is -2.40. The van der Waals surface area contributed by atoms with Gasteiger partial charge in [0.1, 0.15) is 18.3 Å². The average molecular weight is 597 g/mol. The van der Waals surface area contributed by atoms with E-state index < -0.39 is 22.5 Å². The van der Waals surface area contributed by atoms with Gasteiger partial charge in [-0.15, -0.1) is 0 Å². The Morgan fingerprint density at radius 1 is 1.21 bits per heavy atom. The molecule has 0 amide bonds. The number of para-hydroxylation sites is 1. The molecule has 0 saturated carbocycles. The SMILES string of the molecule is CCOc1c(OC)cccc1[C@H]1C(C(=O)OCCOC)=C(C)N=c2s/c(=C/c3ccc(N(C)C)c([N+](=O)[O-])c3)c(=O)n21. The Kier molecular flexibility index (Phi) is 9.43. The van der Waals surface area contributed by atoms with Crippen molar-refractivity contribution in [1.29, 1.82) is 0 Å². The largest absolute Gasteiger partial charge is 0.493 e. The molecule has 1 aliphatic heterocycles. The van der Waals surface area contributed by atoms with Gasteiger partial charge in [-0.05, 0) is 37.6 Å². The zero-order chi connectivity index (χ0) is 30.6. The van der Waals surface area contributed by atoms with Gasteiger partial charge in [-0.3, -0.25) is 19.5 Å². The Balaban J connectivity index is 1.96. The molecule has 3 aromatic rings. The molecule has 0 bridgehead atoms. The molecular formula is C29H32N4O8S. The number of aromatic nitrogens is 1. The molecule has 222 valence electrons. The molecule has 1 aromatic heterocycles. The third-order valence-corrected chi connectivity index (χ3v) is 7.53. The van der Waals surface area contributed by atoms with Crippen LogP contribution in [0.5, 0.6) is 11.5 Å². The van der Waals surface area contributed by atoms with Gasteiger partial charge < -0.3 is 23.8 Å². The molecule has 0 fully saturated rings. The summed E-state index contributed by atoms with van der Waals surface area (Å²) in [4.78, 5) is 45.3. The van der Waals surface area contributed by atoms with E-state index >= 15 is 0 Å². The van der Waals surface area contributed by atoms with Crippen molar-refractivity contribution in [2.24, 2.45) is 4.99 Å². The van der Waals surface area contributed by atoms with Gasteiger partial charge in [0.2, 0.25) is 0 Å². The summed E-state index contributed by atoms with van der Waals surface area (Å²) in [5.74, 6) is 0.174. The second kappa shape index (κ2) is 13.0. The van der Waals surface area contributed by atoms with E-state index in [2.05, 4.69) is 4.99 Å². The first-order valence-corrected chi connectivity index (χ1v) is 13.9. The van der Waals surface area contributed by atoms with Crippen LogP contribution in [-0.2, 0) is 14.3 Å². The van der Waals surface area contributed by atoms with Crippen LogP contribution in [0, 0.1) is 10.1 Å². The molecule has 0 unspecified atom stereocenters. The third-order valence-electron chi connectivity index (χ3n) is 6.55. The van der Waals surface area contributed by atoms with Gasteiger partial charge in [-0.2, -0.15) is 0 Å². The minimum atomic E-state index is -0.944. The number of benzene rings is 2. The zero-order valence-electron chi connectivity index (χ0n) is 24.2. The van der Waals surface area contributed by atoms with Crippen molar-refractivity contribution in [2.45, 2.75) is 19.9 Å². The molecule has 12 nitrogen and oxygen atoms in total. The number of carbonyl (C=O) groups excluding carboxylic acids is 1. The first kappa shape index (κ1) is 30.5. The maximum Gasteiger partial charge on any atom is 0.338 e. The fourth-order valence-corrected chi connectivity index (χ4v) is 5.73. The van der Waals surface area contributed by atoms with Crippen molar-refractivity contribution >= 4 is 34.8 Å². The number of rotatable bonds is 11. The summed E-state index contributed by atoms with van der Waals surface area (Å²) in [6.07, 6.45) is 1.58. The minimum Gasteiger partial charge on any atom is -0.493 e. The monoisotopic (exact) mass is 596 g/mol. The van der Waals surface area contributed by atoms with Gasteiger partial charge in [-0.25, -0.2) is 9.79 Å². The highest BCUT2D eigenvalue weighted by Gasteiger charge is 2.36. The van der Waals surface area contributed by atoms with Crippen molar-refractivity contribution in [3.8, 4) is 11.5 Å². The molecule has 4 rings (SSSR count). The minimum absolute atomic E-state index is 0.0153. The van der Waals surface area contributed by atoms with Crippen molar-refractivity contribution in [1.82, 2.24) is 4.57 Å². The number of ether oxygens (including phenoxy) is 4. The van der Waals surface area contributed by atoms with Crippen LogP contribution < -0.4 is 29.3 Å². The number of anilines is 1. The topological polar surface area (TPSA) is 135 Å². The van der Waals surface area contributed by atoms with Crippen molar-refractivity contribution in [2.75, 3.05) is 53.0 Å². The first-order chi connectivity index (χ1) is 20.1. The van der Waals surface area contributed by atoms with E-state index in [0.717, 1.165) is 11.3 Å². The summed E-state index contributed by atoms with van der Waals surface area (Å²) in [5, 5.41) is 11.7. The summed E-state index contributed by atoms with van der Waals surface area (Å²) in [7, 11) is 6.44. The van der Waals surface area contributed by atoms with Crippen molar-refractivity contribution < 1.29 is 28.7 Å². The van der Waals surface area contributed by atoms with Gasteiger partial charge in [0.05, 0.1) is 41.0 Å². The lowest BCUT2D eigenvalue weighted by atomic mass is 9.94. The van der Waals surface area contributed by atoms with Crippen LogP contribution in [0.1, 0.15) is 31.0 Å². The third kappa shape index (κ3) is 5.92. The second-order valence-corrected chi connectivity index (χ2v) is 10.4. The van der Waals surface area contributed by atoms with E-state index in [1.807, 2.05) is 6.92 Å². The second-order valence-electron chi connectivity index (χ2n) is 9.42. The Morgan fingerprint density at radius 3 is 2.62 bits per heavy atom. The fraction of sp³-hybridized carbons (Fsp3) is 0.345. The zero-order valence-corrected chi connectivity index (χ0v) is 25.0. The molecule has 0 N–H and O–H groups in total. The van der Waals surface area contributed by atoms with Crippen LogP contribution in [0.15, 0.2) is 57.5 Å². The molecule has 0 radical (unpaired) electrons. The Bertz CT molecular complexity index is 1720. The fourth-order valence-electron chi connectivity index (χ4n) is 4.69. The van der Waals surface area contributed by atoms with Gasteiger partial charge in [0.15, 0.2) is 16.3 Å². The van der Waals surface area contributed by atoms with Crippen molar-refractivity contribution in [3.63, 3.8) is 0 Å². The molecule has 42 heavy (non-hydrogen) atoms. The number of fused-ring (bicyclic) bond motifs is 1. The maximum atomic E-state index is 14.0. The standard InChI is InChI=1S/C29H32N4O8S/c1-7-40-26-19(9-8-10-22(26)39-6)25-24(28(35)41-14-13-38-5)17(2)30-29-32(25)27(34)23(42-29)16-18-11-12-20(31(3)4)21(15-18)33(36)37/h8-12,15-16,25H,7,13-14H2,1-6H3/b23-16+/t25-/m0/s1. The summed E-state index contributed by atoms with van der Waals surface area (Å²) in [6.45, 7) is 4.03. The normalized spacial score (nSPS) is 14.7. The number of nitro benzene ring substituents is 1. The highest BCUT2D eigenvalue weighted by atomic mass is 32.1. The Hall–Kier alpha value is -4.49. The average Bonchev–Trinajstić information content (AvgIpc) is 3.26. The number of hydrogen-bond acceptors (Lipinski definition) is 11. The number of nitrogens with zero attached hydrogens (tertiary/aromatic N) is 4. The van der Waals surface area contributed by atoms with E-state index in [4.69, 9.17) is 18.9 Å². The van der Waals surface area contributed by atoms with Gasteiger partial charge in [0, 0.05) is 32.8 Å². The van der Waals surface area contributed by atoms with E-state index in [0.29, 0.717) is 45.4 Å². The Morgan fingerprint density at radius 2 is 1.98 bits per heavy atom. The summed E-state index contributed by atoms with van der Waals surface area (Å²) in [5.41, 5.74) is 1.46.